The monoisotopic (exact) mass is 326 g/mol. The minimum Gasteiger partial charge on any atom is -0.388 e. The molecule has 0 fully saturated rings. The number of halogens is 1. The van der Waals surface area contributed by atoms with Gasteiger partial charge in [0.25, 0.3) is 0 Å². The van der Waals surface area contributed by atoms with Crippen LogP contribution in [0.3, 0.4) is 0 Å². The van der Waals surface area contributed by atoms with E-state index in [4.69, 9.17) is 0 Å². The van der Waals surface area contributed by atoms with E-state index in [2.05, 4.69) is 37.9 Å². The summed E-state index contributed by atoms with van der Waals surface area (Å²) in [4.78, 5) is 7.30. The van der Waals surface area contributed by atoms with Gasteiger partial charge in [-0.05, 0) is 24.6 Å². The number of thiazole rings is 1. The van der Waals surface area contributed by atoms with Crippen molar-refractivity contribution >= 4 is 32.4 Å². The third kappa shape index (κ3) is 3.31. The van der Waals surface area contributed by atoms with Gasteiger partial charge in [-0.25, -0.2) is 4.98 Å². The number of rotatable bonds is 4. The SMILES string of the molecule is CC(O)c1cnc(N(C)Cc2cccc(Br)c2)s1. The Labute approximate surface area is 119 Å². The summed E-state index contributed by atoms with van der Waals surface area (Å²) in [5.74, 6) is 0. The molecule has 0 spiro atoms. The third-order valence-corrected chi connectivity index (χ3v) is 4.33. The number of hydrogen-bond donors (Lipinski definition) is 1. The summed E-state index contributed by atoms with van der Waals surface area (Å²) in [7, 11) is 2.01. The topological polar surface area (TPSA) is 36.4 Å². The smallest absolute Gasteiger partial charge is 0.185 e. The molecule has 1 N–H and O–H groups in total. The second kappa shape index (κ2) is 5.82. The molecule has 0 bridgehead atoms. The van der Waals surface area contributed by atoms with Gasteiger partial charge in [-0.2, -0.15) is 0 Å². The van der Waals surface area contributed by atoms with Crippen molar-refractivity contribution in [2.24, 2.45) is 0 Å². The normalized spacial score (nSPS) is 12.4. The quantitative estimate of drug-likeness (QED) is 0.932. The summed E-state index contributed by atoms with van der Waals surface area (Å²) in [6.45, 7) is 2.55. The van der Waals surface area contributed by atoms with E-state index in [1.807, 2.05) is 19.2 Å². The van der Waals surface area contributed by atoms with Crippen LogP contribution in [0.1, 0.15) is 23.5 Å². The first-order valence-electron chi connectivity index (χ1n) is 5.65. The first kappa shape index (κ1) is 13.5. The molecule has 0 saturated carbocycles. The summed E-state index contributed by atoms with van der Waals surface area (Å²) < 4.78 is 1.08. The van der Waals surface area contributed by atoms with E-state index >= 15 is 0 Å². The molecule has 0 aliphatic rings. The molecule has 5 heteroatoms. The second-order valence-corrected chi connectivity index (χ2v) is 6.16. The number of aliphatic hydroxyl groups excluding tert-OH is 1. The maximum absolute atomic E-state index is 9.49. The van der Waals surface area contributed by atoms with E-state index in [-0.39, 0.29) is 0 Å². The lowest BCUT2D eigenvalue weighted by molar-refractivity contribution is 0.203. The Bertz CT molecular complexity index is 527. The molecule has 2 rings (SSSR count). The van der Waals surface area contributed by atoms with E-state index in [1.54, 1.807) is 13.1 Å². The predicted molar refractivity (Wildman–Crippen MR) is 79.0 cm³/mol. The minimum absolute atomic E-state index is 0.449. The fourth-order valence-electron chi connectivity index (χ4n) is 1.62. The van der Waals surface area contributed by atoms with Gasteiger partial charge in [0.05, 0.1) is 11.0 Å². The van der Waals surface area contributed by atoms with Gasteiger partial charge < -0.3 is 10.0 Å². The molecule has 1 heterocycles. The number of hydrogen-bond acceptors (Lipinski definition) is 4. The van der Waals surface area contributed by atoms with Crippen LogP contribution in [0, 0.1) is 0 Å². The van der Waals surface area contributed by atoms with Crippen molar-refractivity contribution in [2.75, 3.05) is 11.9 Å². The van der Waals surface area contributed by atoms with Crippen LogP contribution in [0.4, 0.5) is 5.13 Å². The molecule has 1 aromatic carbocycles. The molecular formula is C13H15BrN2OS. The summed E-state index contributed by atoms with van der Waals surface area (Å²) >= 11 is 4.99. The van der Waals surface area contributed by atoms with E-state index < -0.39 is 6.10 Å². The molecule has 18 heavy (non-hydrogen) atoms. The third-order valence-electron chi connectivity index (χ3n) is 2.56. The van der Waals surface area contributed by atoms with Crippen LogP contribution >= 0.6 is 27.3 Å². The van der Waals surface area contributed by atoms with Crippen molar-refractivity contribution in [1.82, 2.24) is 4.98 Å². The maximum Gasteiger partial charge on any atom is 0.185 e. The largest absolute Gasteiger partial charge is 0.388 e. The molecule has 0 radical (unpaired) electrons. The Morgan fingerprint density at radius 1 is 1.50 bits per heavy atom. The number of anilines is 1. The number of aliphatic hydroxyl groups is 1. The van der Waals surface area contributed by atoms with Crippen LogP contribution < -0.4 is 4.90 Å². The van der Waals surface area contributed by atoms with Crippen molar-refractivity contribution in [3.63, 3.8) is 0 Å². The lowest BCUT2D eigenvalue weighted by Crippen LogP contribution is -2.15. The Balaban J connectivity index is 2.09. The Kier molecular flexibility index (Phi) is 4.37. The lowest BCUT2D eigenvalue weighted by Gasteiger charge is -2.15. The van der Waals surface area contributed by atoms with Gasteiger partial charge >= 0.3 is 0 Å². The molecule has 0 amide bonds. The molecule has 1 unspecified atom stereocenters. The average molecular weight is 327 g/mol. The molecule has 0 saturated heterocycles. The zero-order valence-electron chi connectivity index (χ0n) is 10.3. The number of nitrogens with zero attached hydrogens (tertiary/aromatic N) is 2. The van der Waals surface area contributed by atoms with Crippen LogP contribution in [0.2, 0.25) is 0 Å². The highest BCUT2D eigenvalue weighted by Gasteiger charge is 2.10. The molecule has 96 valence electrons. The van der Waals surface area contributed by atoms with Crippen molar-refractivity contribution in [3.05, 3.63) is 45.4 Å². The number of aromatic nitrogens is 1. The Hall–Kier alpha value is -0.910. The first-order valence-corrected chi connectivity index (χ1v) is 7.26. The summed E-state index contributed by atoms with van der Waals surface area (Å²) in [5, 5.41) is 10.4. The van der Waals surface area contributed by atoms with Crippen LogP contribution in [-0.4, -0.2) is 17.1 Å². The van der Waals surface area contributed by atoms with Crippen molar-refractivity contribution in [1.29, 1.82) is 0 Å². The predicted octanol–water partition coefficient (Wildman–Crippen LogP) is 3.60. The van der Waals surface area contributed by atoms with Crippen LogP contribution in [0.5, 0.6) is 0 Å². The van der Waals surface area contributed by atoms with Crippen LogP contribution in [0.25, 0.3) is 0 Å². The molecule has 0 aliphatic carbocycles. The summed E-state index contributed by atoms with van der Waals surface area (Å²) in [5.41, 5.74) is 1.22. The highest BCUT2D eigenvalue weighted by atomic mass is 79.9. The van der Waals surface area contributed by atoms with E-state index in [1.165, 1.54) is 16.9 Å². The van der Waals surface area contributed by atoms with E-state index in [0.717, 1.165) is 21.0 Å². The molecular weight excluding hydrogens is 312 g/mol. The molecule has 0 aliphatic heterocycles. The van der Waals surface area contributed by atoms with Crippen LogP contribution in [-0.2, 0) is 6.54 Å². The van der Waals surface area contributed by atoms with Gasteiger partial charge in [0.2, 0.25) is 0 Å². The number of benzene rings is 1. The van der Waals surface area contributed by atoms with Crippen molar-refractivity contribution in [2.45, 2.75) is 19.6 Å². The Morgan fingerprint density at radius 3 is 2.89 bits per heavy atom. The molecule has 2 aromatic rings. The standard InChI is InChI=1S/C13H15BrN2OS/c1-9(17)12-7-15-13(18-12)16(2)8-10-4-3-5-11(14)6-10/h3-7,9,17H,8H2,1-2H3. The summed E-state index contributed by atoms with van der Waals surface area (Å²) in [6.07, 6.45) is 1.29. The van der Waals surface area contributed by atoms with Gasteiger partial charge in [0, 0.05) is 24.3 Å². The fraction of sp³-hybridized carbons (Fsp3) is 0.308. The zero-order valence-corrected chi connectivity index (χ0v) is 12.7. The van der Waals surface area contributed by atoms with Crippen molar-refractivity contribution in [3.8, 4) is 0 Å². The van der Waals surface area contributed by atoms with Gasteiger partial charge in [-0.15, -0.1) is 0 Å². The average Bonchev–Trinajstić information content (AvgIpc) is 2.78. The van der Waals surface area contributed by atoms with Crippen LogP contribution in [0.15, 0.2) is 34.9 Å². The van der Waals surface area contributed by atoms with Crippen molar-refractivity contribution < 1.29 is 5.11 Å². The van der Waals surface area contributed by atoms with Gasteiger partial charge in [0.1, 0.15) is 0 Å². The first-order chi connectivity index (χ1) is 8.56. The Morgan fingerprint density at radius 2 is 2.28 bits per heavy atom. The van der Waals surface area contributed by atoms with Gasteiger partial charge in [0.15, 0.2) is 5.13 Å². The highest BCUT2D eigenvalue weighted by molar-refractivity contribution is 9.10. The fourth-order valence-corrected chi connectivity index (χ4v) is 2.88. The maximum atomic E-state index is 9.49. The molecule has 3 nitrogen and oxygen atoms in total. The molecule has 1 aromatic heterocycles. The lowest BCUT2D eigenvalue weighted by atomic mass is 10.2. The molecule has 1 atom stereocenters. The summed E-state index contributed by atoms with van der Waals surface area (Å²) in [6, 6.07) is 8.22. The second-order valence-electron chi connectivity index (χ2n) is 4.21. The highest BCUT2D eigenvalue weighted by Crippen LogP contribution is 2.27. The van der Waals surface area contributed by atoms with E-state index in [0.29, 0.717) is 0 Å². The zero-order chi connectivity index (χ0) is 13.1. The van der Waals surface area contributed by atoms with Gasteiger partial charge in [-0.1, -0.05) is 39.4 Å². The minimum atomic E-state index is -0.449. The van der Waals surface area contributed by atoms with Gasteiger partial charge in [-0.3, -0.25) is 0 Å². The van der Waals surface area contributed by atoms with E-state index in [9.17, 15) is 5.11 Å².